The van der Waals surface area contributed by atoms with Crippen molar-refractivity contribution >= 4 is 29.0 Å². The van der Waals surface area contributed by atoms with E-state index in [1.165, 1.54) is 0 Å². The van der Waals surface area contributed by atoms with Crippen molar-refractivity contribution in [1.29, 1.82) is 0 Å². The number of hydrogen-bond acceptors (Lipinski definition) is 3. The number of morpholine rings is 1. The van der Waals surface area contributed by atoms with E-state index in [0.29, 0.717) is 35.2 Å². The van der Waals surface area contributed by atoms with Crippen molar-refractivity contribution in [2.24, 2.45) is 0 Å². The van der Waals surface area contributed by atoms with Gasteiger partial charge in [0.1, 0.15) is 0 Å². The fraction of sp³-hybridized carbons (Fsp3) is 0.533. The second kappa shape index (κ2) is 6.44. The van der Waals surface area contributed by atoms with Gasteiger partial charge in [-0.05, 0) is 26.0 Å². The molecule has 5 heteroatoms. The van der Waals surface area contributed by atoms with E-state index < -0.39 is 0 Å². The van der Waals surface area contributed by atoms with E-state index in [-0.39, 0.29) is 11.3 Å². The SMILES string of the molecule is CC1(C)COCCN1CCC(=O)c1cccc(Cl)c1Cl. The first-order valence-electron chi connectivity index (χ1n) is 6.72. The average Bonchev–Trinajstić information content (AvgIpc) is 2.40. The normalized spacial score (nSPS) is 19.0. The summed E-state index contributed by atoms with van der Waals surface area (Å²) in [6.07, 6.45) is 0.434. The van der Waals surface area contributed by atoms with Gasteiger partial charge >= 0.3 is 0 Å². The van der Waals surface area contributed by atoms with E-state index in [4.69, 9.17) is 27.9 Å². The predicted molar refractivity (Wildman–Crippen MR) is 81.9 cm³/mol. The van der Waals surface area contributed by atoms with Crippen LogP contribution in [0.4, 0.5) is 0 Å². The van der Waals surface area contributed by atoms with Gasteiger partial charge in [0.25, 0.3) is 0 Å². The number of carbonyl (C=O) groups is 1. The first-order chi connectivity index (χ1) is 9.42. The zero-order valence-corrected chi connectivity index (χ0v) is 13.3. The molecular formula is C15H19Cl2NO2. The molecule has 2 rings (SSSR count). The van der Waals surface area contributed by atoms with Crippen molar-refractivity contribution in [3.05, 3.63) is 33.8 Å². The van der Waals surface area contributed by atoms with Crippen LogP contribution in [0, 0.1) is 0 Å². The topological polar surface area (TPSA) is 29.5 Å². The van der Waals surface area contributed by atoms with E-state index in [0.717, 1.165) is 13.2 Å². The summed E-state index contributed by atoms with van der Waals surface area (Å²) in [4.78, 5) is 14.6. The molecule has 1 fully saturated rings. The maximum Gasteiger partial charge on any atom is 0.165 e. The van der Waals surface area contributed by atoms with E-state index in [1.807, 2.05) is 0 Å². The van der Waals surface area contributed by atoms with Crippen molar-refractivity contribution < 1.29 is 9.53 Å². The molecule has 0 N–H and O–H groups in total. The summed E-state index contributed by atoms with van der Waals surface area (Å²) in [5.41, 5.74) is 0.474. The summed E-state index contributed by atoms with van der Waals surface area (Å²) in [6.45, 7) is 7.22. The van der Waals surface area contributed by atoms with Crippen LogP contribution >= 0.6 is 23.2 Å². The third kappa shape index (κ3) is 3.53. The fourth-order valence-electron chi connectivity index (χ4n) is 2.40. The lowest BCUT2D eigenvalue weighted by Crippen LogP contribution is -2.53. The molecule has 0 radical (unpaired) electrons. The summed E-state index contributed by atoms with van der Waals surface area (Å²) in [5.74, 6) is 0.0276. The molecule has 0 bridgehead atoms. The predicted octanol–water partition coefficient (Wildman–Crippen LogP) is 3.68. The zero-order chi connectivity index (χ0) is 14.8. The van der Waals surface area contributed by atoms with Crippen molar-refractivity contribution in [2.75, 3.05) is 26.3 Å². The van der Waals surface area contributed by atoms with E-state index in [1.54, 1.807) is 18.2 Å². The summed E-state index contributed by atoms with van der Waals surface area (Å²) in [5, 5.41) is 0.768. The van der Waals surface area contributed by atoms with E-state index in [9.17, 15) is 4.79 Å². The van der Waals surface area contributed by atoms with Crippen LogP contribution in [-0.2, 0) is 4.74 Å². The summed E-state index contributed by atoms with van der Waals surface area (Å²) >= 11 is 12.0. The van der Waals surface area contributed by atoms with Crippen LogP contribution in [0.15, 0.2) is 18.2 Å². The van der Waals surface area contributed by atoms with Crippen LogP contribution in [0.3, 0.4) is 0 Å². The lowest BCUT2D eigenvalue weighted by atomic mass is 10.0. The van der Waals surface area contributed by atoms with E-state index >= 15 is 0 Å². The standard InChI is InChI=1S/C15H19Cl2NO2/c1-15(2)10-20-9-8-18(15)7-6-13(19)11-4-3-5-12(16)14(11)17/h3-5H,6-10H2,1-2H3. The first kappa shape index (κ1) is 15.8. The smallest absolute Gasteiger partial charge is 0.165 e. The Morgan fingerprint density at radius 1 is 1.40 bits per heavy atom. The molecular weight excluding hydrogens is 297 g/mol. The third-order valence-electron chi connectivity index (χ3n) is 3.68. The minimum absolute atomic E-state index is 0.0276. The highest BCUT2D eigenvalue weighted by atomic mass is 35.5. The van der Waals surface area contributed by atoms with Crippen LogP contribution in [0.2, 0.25) is 10.0 Å². The molecule has 1 aliphatic rings. The Hall–Kier alpha value is -0.610. The Morgan fingerprint density at radius 3 is 2.85 bits per heavy atom. The Labute approximate surface area is 129 Å². The molecule has 110 valence electrons. The van der Waals surface area contributed by atoms with Gasteiger partial charge in [0.2, 0.25) is 0 Å². The summed E-state index contributed by atoms with van der Waals surface area (Å²) < 4.78 is 5.48. The largest absolute Gasteiger partial charge is 0.378 e. The fourth-order valence-corrected chi connectivity index (χ4v) is 2.80. The molecule has 1 aromatic carbocycles. The van der Waals surface area contributed by atoms with Crippen LogP contribution in [0.5, 0.6) is 0 Å². The highest BCUT2D eigenvalue weighted by molar-refractivity contribution is 6.43. The molecule has 1 aliphatic heterocycles. The van der Waals surface area contributed by atoms with Gasteiger partial charge in [-0.1, -0.05) is 29.3 Å². The van der Waals surface area contributed by atoms with Gasteiger partial charge in [-0.2, -0.15) is 0 Å². The van der Waals surface area contributed by atoms with Crippen LogP contribution in [0.25, 0.3) is 0 Å². The minimum Gasteiger partial charge on any atom is -0.378 e. The second-order valence-corrected chi connectivity index (χ2v) is 6.41. The van der Waals surface area contributed by atoms with Crippen LogP contribution in [-0.4, -0.2) is 42.5 Å². The quantitative estimate of drug-likeness (QED) is 0.794. The monoisotopic (exact) mass is 315 g/mol. The molecule has 0 unspecified atom stereocenters. The van der Waals surface area contributed by atoms with Gasteiger partial charge in [0.15, 0.2) is 5.78 Å². The summed E-state index contributed by atoms with van der Waals surface area (Å²) in [6, 6.07) is 5.16. The molecule has 0 aromatic heterocycles. The van der Waals surface area contributed by atoms with Crippen LogP contribution in [0.1, 0.15) is 30.6 Å². The first-order valence-corrected chi connectivity index (χ1v) is 7.47. The molecule has 0 spiro atoms. The zero-order valence-electron chi connectivity index (χ0n) is 11.8. The second-order valence-electron chi connectivity index (χ2n) is 5.63. The van der Waals surface area contributed by atoms with Gasteiger partial charge in [0, 0.05) is 30.6 Å². The highest BCUT2D eigenvalue weighted by Crippen LogP contribution is 2.27. The average molecular weight is 316 g/mol. The number of hydrogen-bond donors (Lipinski definition) is 0. The highest BCUT2D eigenvalue weighted by Gasteiger charge is 2.30. The number of ketones is 1. The molecule has 0 aliphatic carbocycles. The van der Waals surface area contributed by atoms with Crippen molar-refractivity contribution in [1.82, 2.24) is 4.90 Å². The number of benzene rings is 1. The molecule has 1 heterocycles. The maximum absolute atomic E-state index is 12.3. The third-order valence-corrected chi connectivity index (χ3v) is 4.50. The number of carbonyl (C=O) groups excluding carboxylic acids is 1. The Bertz CT molecular complexity index is 503. The van der Waals surface area contributed by atoms with Gasteiger partial charge in [-0.3, -0.25) is 9.69 Å². The Morgan fingerprint density at radius 2 is 2.15 bits per heavy atom. The molecule has 0 amide bonds. The summed E-state index contributed by atoms with van der Waals surface area (Å²) in [7, 11) is 0. The molecule has 1 aromatic rings. The number of ether oxygens (including phenoxy) is 1. The van der Waals surface area contributed by atoms with Gasteiger partial charge in [0.05, 0.1) is 23.3 Å². The van der Waals surface area contributed by atoms with Gasteiger partial charge in [-0.15, -0.1) is 0 Å². The molecule has 3 nitrogen and oxygen atoms in total. The maximum atomic E-state index is 12.3. The van der Waals surface area contributed by atoms with Gasteiger partial charge in [-0.25, -0.2) is 0 Å². The van der Waals surface area contributed by atoms with Crippen molar-refractivity contribution in [3.63, 3.8) is 0 Å². The molecule has 20 heavy (non-hydrogen) atoms. The molecule has 0 atom stereocenters. The Kier molecular flexibility index (Phi) is 5.08. The minimum atomic E-state index is -0.0311. The Balaban J connectivity index is 2.00. The lowest BCUT2D eigenvalue weighted by molar-refractivity contribution is -0.0502. The van der Waals surface area contributed by atoms with Crippen molar-refractivity contribution in [3.8, 4) is 0 Å². The lowest BCUT2D eigenvalue weighted by Gasteiger charge is -2.42. The van der Waals surface area contributed by atoms with Crippen LogP contribution < -0.4 is 0 Å². The number of Topliss-reactive ketones (excluding diaryl/α,β-unsaturated/α-hetero) is 1. The molecule has 1 saturated heterocycles. The number of nitrogens with zero attached hydrogens (tertiary/aromatic N) is 1. The molecule has 0 saturated carbocycles. The number of halogens is 2. The number of rotatable bonds is 4. The van der Waals surface area contributed by atoms with Gasteiger partial charge < -0.3 is 4.74 Å². The van der Waals surface area contributed by atoms with Crippen molar-refractivity contribution in [2.45, 2.75) is 25.8 Å². The van der Waals surface area contributed by atoms with E-state index in [2.05, 4.69) is 18.7 Å².